The van der Waals surface area contributed by atoms with Crippen molar-refractivity contribution in [3.05, 3.63) is 34.9 Å². The monoisotopic (exact) mass is 275 g/mol. The fourth-order valence-electron chi connectivity index (χ4n) is 2.87. The number of rotatable bonds is 4. The summed E-state index contributed by atoms with van der Waals surface area (Å²) in [5.74, 6) is -1.06. The molecule has 2 N–H and O–H groups in total. The Labute approximate surface area is 116 Å². The molecule has 1 aromatic rings. The van der Waals surface area contributed by atoms with Crippen LogP contribution >= 0.6 is 0 Å². The first kappa shape index (κ1) is 13.1. The van der Waals surface area contributed by atoms with Crippen LogP contribution in [0.15, 0.2) is 18.2 Å². The van der Waals surface area contributed by atoms with Gasteiger partial charge < -0.3 is 15.2 Å². The summed E-state index contributed by atoms with van der Waals surface area (Å²) in [5, 5.41) is 11.9. The Bertz CT molecular complexity index is 563. The SMILES string of the molecule is O=C(O)CC1(NC(=O)c2ccc3c(c2)COC3)CCC1. The molecule has 106 valence electrons. The molecule has 0 bridgehead atoms. The van der Waals surface area contributed by atoms with Crippen LogP contribution in [-0.2, 0) is 22.7 Å². The van der Waals surface area contributed by atoms with E-state index < -0.39 is 11.5 Å². The summed E-state index contributed by atoms with van der Waals surface area (Å²) in [4.78, 5) is 23.2. The molecule has 0 radical (unpaired) electrons. The first-order valence-electron chi connectivity index (χ1n) is 6.82. The molecule has 1 amide bonds. The van der Waals surface area contributed by atoms with Gasteiger partial charge in [0.1, 0.15) is 0 Å². The maximum absolute atomic E-state index is 12.3. The number of hydrogen-bond donors (Lipinski definition) is 2. The lowest BCUT2D eigenvalue weighted by molar-refractivity contribution is -0.139. The molecule has 5 nitrogen and oxygen atoms in total. The number of carboxylic acid groups (broad SMARTS) is 1. The Balaban J connectivity index is 1.74. The molecule has 20 heavy (non-hydrogen) atoms. The summed E-state index contributed by atoms with van der Waals surface area (Å²) in [6, 6.07) is 5.52. The van der Waals surface area contributed by atoms with E-state index >= 15 is 0 Å². The van der Waals surface area contributed by atoms with E-state index in [0.717, 1.165) is 30.4 Å². The zero-order chi connectivity index (χ0) is 14.2. The summed E-state index contributed by atoms with van der Waals surface area (Å²) >= 11 is 0. The van der Waals surface area contributed by atoms with Crippen LogP contribution in [0.4, 0.5) is 0 Å². The minimum atomic E-state index is -0.868. The molecule has 0 aromatic heterocycles. The van der Waals surface area contributed by atoms with Crippen molar-refractivity contribution in [1.82, 2.24) is 5.32 Å². The van der Waals surface area contributed by atoms with Gasteiger partial charge in [-0.25, -0.2) is 0 Å². The van der Waals surface area contributed by atoms with Gasteiger partial charge in [-0.1, -0.05) is 6.07 Å². The van der Waals surface area contributed by atoms with Crippen LogP contribution in [0.5, 0.6) is 0 Å². The fraction of sp³-hybridized carbons (Fsp3) is 0.467. The van der Waals surface area contributed by atoms with Crippen LogP contribution in [0.25, 0.3) is 0 Å². The zero-order valence-electron chi connectivity index (χ0n) is 11.1. The molecule has 1 saturated carbocycles. The molecule has 0 atom stereocenters. The number of benzene rings is 1. The van der Waals surface area contributed by atoms with Crippen LogP contribution in [0.1, 0.15) is 47.2 Å². The molecule has 0 unspecified atom stereocenters. The van der Waals surface area contributed by atoms with Gasteiger partial charge >= 0.3 is 5.97 Å². The van der Waals surface area contributed by atoms with Crippen molar-refractivity contribution in [3.8, 4) is 0 Å². The number of aliphatic carboxylic acids is 1. The Kier molecular flexibility index (Phi) is 3.22. The minimum Gasteiger partial charge on any atom is -0.481 e. The summed E-state index contributed by atoms with van der Waals surface area (Å²) in [7, 11) is 0. The molecule has 5 heteroatoms. The number of carbonyl (C=O) groups is 2. The second-order valence-corrected chi connectivity index (χ2v) is 5.63. The molecule has 1 heterocycles. The summed E-state index contributed by atoms with van der Waals surface area (Å²) < 4.78 is 5.33. The van der Waals surface area contributed by atoms with Crippen LogP contribution < -0.4 is 5.32 Å². The van der Waals surface area contributed by atoms with Gasteiger partial charge in [0.15, 0.2) is 0 Å². The summed E-state index contributed by atoms with van der Waals surface area (Å²) in [6.45, 7) is 1.14. The second kappa shape index (κ2) is 4.90. The van der Waals surface area contributed by atoms with Gasteiger partial charge in [0.05, 0.1) is 25.2 Å². The van der Waals surface area contributed by atoms with Gasteiger partial charge in [-0.3, -0.25) is 9.59 Å². The van der Waals surface area contributed by atoms with Crippen molar-refractivity contribution in [3.63, 3.8) is 0 Å². The van der Waals surface area contributed by atoms with Gasteiger partial charge in [-0.15, -0.1) is 0 Å². The highest BCUT2D eigenvalue weighted by Crippen LogP contribution is 2.35. The van der Waals surface area contributed by atoms with Crippen LogP contribution in [0.3, 0.4) is 0 Å². The number of carbonyl (C=O) groups excluding carboxylic acids is 1. The van der Waals surface area contributed by atoms with Crippen molar-refractivity contribution >= 4 is 11.9 Å². The van der Waals surface area contributed by atoms with E-state index in [0.29, 0.717) is 18.8 Å². The normalized spacial score (nSPS) is 19.0. The first-order valence-corrected chi connectivity index (χ1v) is 6.82. The number of amides is 1. The van der Waals surface area contributed by atoms with Gasteiger partial charge in [-0.05, 0) is 42.5 Å². The first-order chi connectivity index (χ1) is 9.58. The van der Waals surface area contributed by atoms with E-state index in [1.165, 1.54) is 0 Å². The van der Waals surface area contributed by atoms with E-state index in [9.17, 15) is 9.59 Å². The molecular weight excluding hydrogens is 258 g/mol. The molecule has 1 aliphatic carbocycles. The quantitative estimate of drug-likeness (QED) is 0.879. The van der Waals surface area contributed by atoms with Crippen LogP contribution in [0, 0.1) is 0 Å². The van der Waals surface area contributed by atoms with Crippen LogP contribution in [0.2, 0.25) is 0 Å². The fourth-order valence-corrected chi connectivity index (χ4v) is 2.87. The Morgan fingerprint density at radius 3 is 2.65 bits per heavy atom. The summed E-state index contributed by atoms with van der Waals surface area (Å²) in [6.07, 6.45) is 2.43. The van der Waals surface area contributed by atoms with E-state index in [1.807, 2.05) is 12.1 Å². The highest BCUT2D eigenvalue weighted by molar-refractivity contribution is 5.95. The lowest BCUT2D eigenvalue weighted by atomic mass is 9.74. The van der Waals surface area contributed by atoms with E-state index in [2.05, 4.69) is 5.32 Å². The maximum atomic E-state index is 12.3. The molecular formula is C15H17NO4. The predicted molar refractivity (Wildman–Crippen MR) is 71.2 cm³/mol. The molecule has 1 fully saturated rings. The molecule has 0 spiro atoms. The largest absolute Gasteiger partial charge is 0.481 e. The average molecular weight is 275 g/mol. The summed E-state index contributed by atoms with van der Waals surface area (Å²) in [5.41, 5.74) is 2.17. The standard InChI is InChI=1S/C15H17NO4/c17-13(18)7-15(4-1-5-15)16-14(19)10-2-3-11-8-20-9-12(11)6-10/h2-3,6H,1,4-5,7-9H2,(H,16,19)(H,17,18). The highest BCUT2D eigenvalue weighted by Gasteiger charge is 2.40. The van der Waals surface area contributed by atoms with Gasteiger partial charge in [0, 0.05) is 5.56 Å². The average Bonchev–Trinajstić information content (AvgIpc) is 2.82. The number of ether oxygens (including phenoxy) is 1. The maximum Gasteiger partial charge on any atom is 0.305 e. The Morgan fingerprint density at radius 2 is 2.00 bits per heavy atom. The number of fused-ring (bicyclic) bond motifs is 1. The highest BCUT2D eigenvalue weighted by atomic mass is 16.5. The molecule has 1 aromatic carbocycles. The van der Waals surface area contributed by atoms with Crippen molar-refractivity contribution in [2.45, 2.75) is 44.4 Å². The van der Waals surface area contributed by atoms with E-state index in [4.69, 9.17) is 9.84 Å². The number of carboxylic acids is 1. The molecule has 2 aliphatic rings. The van der Waals surface area contributed by atoms with Gasteiger partial charge in [0.25, 0.3) is 5.91 Å². The van der Waals surface area contributed by atoms with Crippen molar-refractivity contribution in [2.24, 2.45) is 0 Å². The minimum absolute atomic E-state index is 0.00715. The van der Waals surface area contributed by atoms with Crippen molar-refractivity contribution in [2.75, 3.05) is 0 Å². The van der Waals surface area contributed by atoms with E-state index in [1.54, 1.807) is 6.07 Å². The topological polar surface area (TPSA) is 75.6 Å². The third-order valence-electron chi connectivity index (χ3n) is 4.16. The number of nitrogens with one attached hydrogen (secondary N) is 1. The predicted octanol–water partition coefficient (Wildman–Crippen LogP) is 1.84. The third-order valence-corrected chi connectivity index (χ3v) is 4.16. The third kappa shape index (κ3) is 2.41. The Hall–Kier alpha value is -1.88. The van der Waals surface area contributed by atoms with Gasteiger partial charge in [0.2, 0.25) is 0 Å². The second-order valence-electron chi connectivity index (χ2n) is 5.63. The van der Waals surface area contributed by atoms with E-state index in [-0.39, 0.29) is 12.3 Å². The van der Waals surface area contributed by atoms with Crippen LogP contribution in [-0.4, -0.2) is 22.5 Å². The lowest BCUT2D eigenvalue weighted by Crippen LogP contribution is -2.54. The van der Waals surface area contributed by atoms with Crippen molar-refractivity contribution < 1.29 is 19.4 Å². The van der Waals surface area contributed by atoms with Gasteiger partial charge in [-0.2, -0.15) is 0 Å². The molecule has 3 rings (SSSR count). The zero-order valence-corrected chi connectivity index (χ0v) is 11.1. The number of hydrogen-bond acceptors (Lipinski definition) is 3. The van der Waals surface area contributed by atoms with Crippen molar-refractivity contribution in [1.29, 1.82) is 0 Å². The lowest BCUT2D eigenvalue weighted by Gasteiger charge is -2.41. The molecule has 1 aliphatic heterocycles. The smallest absolute Gasteiger partial charge is 0.305 e. The Morgan fingerprint density at radius 1 is 1.25 bits per heavy atom. The molecule has 0 saturated heterocycles.